The number of rotatable bonds is 9. The van der Waals surface area contributed by atoms with Crippen molar-refractivity contribution in [2.75, 3.05) is 38.7 Å². The molecule has 4 rings (SSSR count). The largest absolute Gasteiger partial charge is 0.394 e. The highest BCUT2D eigenvalue weighted by Gasteiger charge is 2.31. The van der Waals surface area contributed by atoms with Gasteiger partial charge in [-0.3, -0.25) is 9.79 Å². The topological polar surface area (TPSA) is 121 Å². The number of sulfonamides is 1. The van der Waals surface area contributed by atoms with Crippen LogP contribution < -0.4 is 5.32 Å². The van der Waals surface area contributed by atoms with E-state index in [-0.39, 0.29) is 37.2 Å². The van der Waals surface area contributed by atoms with Gasteiger partial charge in [-0.05, 0) is 36.4 Å². The first-order valence-electron chi connectivity index (χ1n) is 9.88. The zero-order valence-corrected chi connectivity index (χ0v) is 18.9. The van der Waals surface area contributed by atoms with Gasteiger partial charge >= 0.3 is 0 Å². The summed E-state index contributed by atoms with van der Waals surface area (Å²) in [5, 5.41) is 11.6. The van der Waals surface area contributed by atoms with Crippen LogP contribution in [0.4, 0.5) is 11.4 Å². The first-order valence-corrected chi connectivity index (χ1v) is 12.2. The minimum atomic E-state index is -3.67. The van der Waals surface area contributed by atoms with Crippen molar-refractivity contribution in [1.29, 1.82) is 0 Å². The maximum atomic E-state index is 12.7. The highest BCUT2D eigenvalue weighted by atomic mass is 32.2. The van der Waals surface area contributed by atoms with Crippen molar-refractivity contribution in [2.45, 2.75) is 10.8 Å². The smallest absolute Gasteiger partial charge is 0.242 e. The average Bonchev–Trinajstić information content (AvgIpc) is 3.38. The molecule has 1 unspecified atom stereocenters. The van der Waals surface area contributed by atoms with Gasteiger partial charge in [0.2, 0.25) is 15.9 Å². The second-order valence-corrected chi connectivity index (χ2v) is 10.0. The van der Waals surface area contributed by atoms with E-state index in [2.05, 4.69) is 15.3 Å². The van der Waals surface area contributed by atoms with E-state index >= 15 is 0 Å². The number of carbonyl (C=O) groups is 1. The van der Waals surface area contributed by atoms with Crippen LogP contribution in [0.1, 0.15) is 11.5 Å². The SMILES string of the molecule is CN(CCOCCO)S(=O)(=O)c1ccc(N=CC2C(=O)Nc3ccc4ncsc4c32)cc1. The average molecular weight is 475 g/mol. The summed E-state index contributed by atoms with van der Waals surface area (Å²) in [6.07, 6.45) is 1.58. The molecule has 32 heavy (non-hydrogen) atoms. The molecule has 1 aliphatic heterocycles. The highest BCUT2D eigenvalue weighted by Crippen LogP contribution is 2.39. The molecule has 0 spiro atoms. The second-order valence-electron chi connectivity index (χ2n) is 7.13. The predicted molar refractivity (Wildman–Crippen MR) is 123 cm³/mol. The number of likely N-dealkylation sites (N-methyl/N-ethyl adjacent to an activating group) is 1. The lowest BCUT2D eigenvalue weighted by Gasteiger charge is -2.17. The maximum absolute atomic E-state index is 12.7. The quantitative estimate of drug-likeness (QED) is 0.363. The normalized spacial score (nSPS) is 16.2. The number of aliphatic hydroxyl groups is 1. The van der Waals surface area contributed by atoms with Crippen LogP contribution in [0.2, 0.25) is 0 Å². The lowest BCUT2D eigenvalue weighted by atomic mass is 10.0. The molecule has 9 nitrogen and oxygen atoms in total. The number of nitrogens with one attached hydrogen (secondary N) is 1. The summed E-state index contributed by atoms with van der Waals surface area (Å²) in [6.45, 7) is 0.418. The second kappa shape index (κ2) is 9.43. The van der Waals surface area contributed by atoms with Gasteiger partial charge in [-0.25, -0.2) is 13.4 Å². The Morgan fingerprint density at radius 1 is 1.25 bits per heavy atom. The van der Waals surface area contributed by atoms with Gasteiger partial charge in [0.25, 0.3) is 0 Å². The zero-order valence-electron chi connectivity index (χ0n) is 17.3. The molecule has 168 valence electrons. The van der Waals surface area contributed by atoms with Crippen molar-refractivity contribution in [3.05, 3.63) is 47.5 Å². The number of anilines is 1. The van der Waals surface area contributed by atoms with E-state index in [1.807, 2.05) is 12.1 Å². The Bertz CT molecular complexity index is 1250. The first kappa shape index (κ1) is 22.5. The Hall–Kier alpha value is -2.70. The molecular weight excluding hydrogens is 452 g/mol. The number of amides is 1. The van der Waals surface area contributed by atoms with Gasteiger partial charge in [-0.1, -0.05) is 0 Å². The summed E-state index contributed by atoms with van der Waals surface area (Å²) in [6, 6.07) is 9.88. The summed E-state index contributed by atoms with van der Waals surface area (Å²) in [4.78, 5) is 21.3. The fraction of sp³-hybridized carbons (Fsp3) is 0.286. The number of thiazole rings is 1. The summed E-state index contributed by atoms with van der Waals surface area (Å²) >= 11 is 1.48. The number of aliphatic imine (C=N–C) groups is 1. The van der Waals surface area contributed by atoms with Crippen LogP contribution in [-0.4, -0.2) is 68.3 Å². The first-order chi connectivity index (χ1) is 15.4. The van der Waals surface area contributed by atoms with E-state index in [9.17, 15) is 13.2 Å². The van der Waals surface area contributed by atoms with Crippen molar-refractivity contribution in [3.63, 3.8) is 0 Å². The van der Waals surface area contributed by atoms with Crippen molar-refractivity contribution in [2.24, 2.45) is 4.99 Å². The number of benzene rings is 2. The summed E-state index contributed by atoms with van der Waals surface area (Å²) in [7, 11) is -2.20. The Balaban J connectivity index is 1.49. The monoisotopic (exact) mass is 474 g/mol. The number of ether oxygens (including phenoxy) is 1. The van der Waals surface area contributed by atoms with Gasteiger partial charge < -0.3 is 15.2 Å². The summed E-state index contributed by atoms with van der Waals surface area (Å²) < 4.78 is 32.6. The number of aliphatic hydroxyl groups excluding tert-OH is 1. The van der Waals surface area contributed by atoms with Gasteiger partial charge in [0, 0.05) is 31.1 Å². The molecular formula is C21H22N4O5S2. The standard InChI is InChI=1S/C21H22N4O5S2/c1-25(8-10-30-11-9-26)32(28,29)15-4-2-14(3-5-15)22-12-16-19-17(24-21(16)27)6-7-18-20(19)31-13-23-18/h2-7,12-13,16,26H,8-11H2,1H3,(H,24,27). The van der Waals surface area contributed by atoms with Gasteiger partial charge in [0.15, 0.2) is 0 Å². The molecule has 0 fully saturated rings. The van der Waals surface area contributed by atoms with Crippen molar-refractivity contribution in [3.8, 4) is 0 Å². The molecule has 0 radical (unpaired) electrons. The van der Waals surface area contributed by atoms with Crippen LogP contribution in [0.25, 0.3) is 10.2 Å². The molecule has 0 saturated carbocycles. The number of carbonyl (C=O) groups excluding carboxylic acids is 1. The van der Waals surface area contributed by atoms with Gasteiger partial charge in [-0.2, -0.15) is 4.31 Å². The maximum Gasteiger partial charge on any atom is 0.242 e. The third-order valence-corrected chi connectivity index (χ3v) is 7.84. The van der Waals surface area contributed by atoms with Crippen LogP contribution in [0.15, 0.2) is 51.8 Å². The van der Waals surface area contributed by atoms with Crippen LogP contribution >= 0.6 is 11.3 Å². The van der Waals surface area contributed by atoms with Gasteiger partial charge in [-0.15, -0.1) is 11.3 Å². The fourth-order valence-electron chi connectivity index (χ4n) is 3.38. The van der Waals surface area contributed by atoms with Crippen LogP contribution in [-0.2, 0) is 19.6 Å². The van der Waals surface area contributed by atoms with E-state index in [4.69, 9.17) is 9.84 Å². The van der Waals surface area contributed by atoms with E-state index in [1.54, 1.807) is 23.9 Å². The Kier molecular flexibility index (Phi) is 6.63. The lowest BCUT2D eigenvalue weighted by molar-refractivity contribution is -0.115. The van der Waals surface area contributed by atoms with Crippen molar-refractivity contribution < 1.29 is 23.1 Å². The van der Waals surface area contributed by atoms with Gasteiger partial charge in [0.05, 0.1) is 46.1 Å². The fourth-order valence-corrected chi connectivity index (χ4v) is 5.41. The predicted octanol–water partition coefficient (Wildman–Crippen LogP) is 2.36. The number of fused-ring (bicyclic) bond motifs is 3. The molecule has 0 bridgehead atoms. The highest BCUT2D eigenvalue weighted by molar-refractivity contribution is 7.89. The van der Waals surface area contributed by atoms with E-state index in [1.165, 1.54) is 34.8 Å². The molecule has 0 aliphatic carbocycles. The molecule has 2 heterocycles. The molecule has 3 aromatic rings. The molecule has 1 aromatic heterocycles. The Morgan fingerprint density at radius 3 is 2.78 bits per heavy atom. The molecule has 11 heteroatoms. The van der Waals surface area contributed by atoms with Crippen molar-refractivity contribution >= 4 is 55.1 Å². The van der Waals surface area contributed by atoms with E-state index in [0.29, 0.717) is 5.69 Å². The molecule has 1 atom stereocenters. The minimum Gasteiger partial charge on any atom is -0.394 e. The number of aromatic nitrogens is 1. The number of hydrogen-bond acceptors (Lipinski definition) is 8. The number of hydrogen-bond donors (Lipinski definition) is 2. The molecule has 1 amide bonds. The Morgan fingerprint density at radius 2 is 2.03 bits per heavy atom. The summed E-state index contributed by atoms with van der Waals surface area (Å²) in [5.41, 5.74) is 4.75. The van der Waals surface area contributed by atoms with Crippen molar-refractivity contribution in [1.82, 2.24) is 9.29 Å². The van der Waals surface area contributed by atoms with Crippen LogP contribution in [0, 0.1) is 0 Å². The lowest BCUT2D eigenvalue weighted by Crippen LogP contribution is -2.30. The Labute approximate surface area is 189 Å². The van der Waals surface area contributed by atoms with Gasteiger partial charge in [0.1, 0.15) is 5.92 Å². The third kappa shape index (κ3) is 4.43. The minimum absolute atomic E-state index is 0.109. The number of nitrogens with zero attached hydrogens (tertiary/aromatic N) is 3. The molecule has 2 N–H and O–H groups in total. The van der Waals surface area contributed by atoms with E-state index < -0.39 is 15.9 Å². The molecule has 2 aromatic carbocycles. The van der Waals surface area contributed by atoms with E-state index in [0.717, 1.165) is 21.5 Å². The molecule has 0 saturated heterocycles. The molecule has 1 aliphatic rings. The third-order valence-electron chi connectivity index (χ3n) is 5.09. The summed E-state index contributed by atoms with van der Waals surface area (Å²) in [5.74, 6) is -0.698. The van der Waals surface area contributed by atoms with Crippen LogP contribution in [0.5, 0.6) is 0 Å². The zero-order chi connectivity index (χ0) is 22.7. The van der Waals surface area contributed by atoms with Crippen LogP contribution in [0.3, 0.4) is 0 Å².